The quantitative estimate of drug-likeness (QED) is 0.359. The van der Waals surface area contributed by atoms with Crippen LogP contribution in [0.4, 0.5) is 5.13 Å². The third-order valence-electron chi connectivity index (χ3n) is 4.58. The van der Waals surface area contributed by atoms with E-state index in [9.17, 15) is 18.4 Å². The predicted molar refractivity (Wildman–Crippen MR) is 98.4 cm³/mol. The van der Waals surface area contributed by atoms with E-state index >= 15 is 0 Å². The van der Waals surface area contributed by atoms with E-state index in [2.05, 4.69) is 10.2 Å². The summed E-state index contributed by atoms with van der Waals surface area (Å²) in [6.45, 7) is 2.61. The van der Waals surface area contributed by atoms with Crippen LogP contribution in [0.2, 0.25) is 0 Å². The molecule has 0 N–H and O–H groups in total. The summed E-state index contributed by atoms with van der Waals surface area (Å²) in [6.07, 6.45) is 0.905. The molecule has 2 aliphatic rings. The summed E-state index contributed by atoms with van der Waals surface area (Å²) in [5.74, 6) is -0.597. The maximum atomic E-state index is 13.4. The van der Waals surface area contributed by atoms with Gasteiger partial charge in [-0.2, -0.15) is 0 Å². The second kappa shape index (κ2) is 8.05. The molecule has 12 heteroatoms. The first-order chi connectivity index (χ1) is 12.8. The van der Waals surface area contributed by atoms with Gasteiger partial charge in [-0.15, -0.1) is 5.10 Å². The van der Waals surface area contributed by atoms with Crippen molar-refractivity contribution in [2.75, 3.05) is 32.6 Å². The fraction of sp³-hybridized carbons (Fsp3) is 0.800. The zero-order valence-corrected chi connectivity index (χ0v) is 17.0. The van der Waals surface area contributed by atoms with Crippen molar-refractivity contribution in [1.82, 2.24) is 19.7 Å². The first-order valence-electron chi connectivity index (χ1n) is 8.92. The summed E-state index contributed by atoms with van der Waals surface area (Å²) < 4.78 is 34.1. The second-order valence-electron chi connectivity index (χ2n) is 6.89. The number of esters is 1. The number of likely N-dealkylation sites (N-methyl/N-ethyl adjacent to an activating group) is 1. The van der Waals surface area contributed by atoms with Gasteiger partial charge in [0.2, 0.25) is 14.2 Å². The molecule has 1 aromatic rings. The van der Waals surface area contributed by atoms with Crippen molar-refractivity contribution in [3.05, 3.63) is 5.21 Å². The Labute approximate surface area is 162 Å². The number of aromatic nitrogens is 2. The summed E-state index contributed by atoms with van der Waals surface area (Å²) >= 11 is 0.752. The maximum Gasteiger partial charge on any atom is 0.339 e. The maximum absolute atomic E-state index is 13.4. The van der Waals surface area contributed by atoms with Gasteiger partial charge >= 0.3 is 11.1 Å². The predicted octanol–water partition coefficient (Wildman–Crippen LogP) is 0.868. The highest BCUT2D eigenvalue weighted by Gasteiger charge is 2.46. The molecule has 3 rings (SSSR count). The molecule has 0 aliphatic carbocycles. The van der Waals surface area contributed by atoms with Crippen molar-refractivity contribution in [3.8, 4) is 0 Å². The van der Waals surface area contributed by atoms with Crippen molar-refractivity contribution >= 4 is 32.3 Å². The van der Waals surface area contributed by atoms with Gasteiger partial charge in [-0.25, -0.2) is 18.1 Å². The van der Waals surface area contributed by atoms with Gasteiger partial charge in [-0.05, 0) is 37.6 Å². The van der Waals surface area contributed by atoms with Gasteiger partial charge in [-0.3, -0.25) is 4.65 Å². The van der Waals surface area contributed by atoms with E-state index in [4.69, 9.17) is 9.47 Å². The van der Waals surface area contributed by atoms with Gasteiger partial charge in [0.1, 0.15) is 6.67 Å². The van der Waals surface area contributed by atoms with Crippen LogP contribution in [0.5, 0.6) is 0 Å². The third kappa shape index (κ3) is 4.30. The fourth-order valence-electron chi connectivity index (χ4n) is 3.09. The van der Waals surface area contributed by atoms with Crippen LogP contribution in [0.25, 0.3) is 0 Å². The summed E-state index contributed by atoms with van der Waals surface area (Å²) in [5.41, 5.74) is 0. The van der Waals surface area contributed by atoms with Gasteiger partial charge in [0.15, 0.2) is 6.10 Å². The number of hydrogen-bond donors (Lipinski definition) is 0. The Bertz CT molecular complexity index is 779. The number of sulfone groups is 1. The molecule has 1 aromatic heterocycles. The number of nitrogens with zero attached hydrogens (tertiary/aromatic N) is 4. The minimum atomic E-state index is -3.57. The Hall–Kier alpha value is -1.18. The normalized spacial score (nSPS) is 29.3. The van der Waals surface area contributed by atoms with Crippen LogP contribution in [0.15, 0.2) is 4.34 Å². The fourth-order valence-corrected chi connectivity index (χ4v) is 5.73. The highest BCUT2D eigenvalue weighted by molar-refractivity contribution is 7.93. The van der Waals surface area contributed by atoms with Crippen LogP contribution in [-0.2, 0) is 24.1 Å². The van der Waals surface area contributed by atoms with Gasteiger partial charge in [0.05, 0.1) is 12.3 Å². The Kier molecular flexibility index (Phi) is 6.13. The number of hydrogen-bond acceptors (Lipinski definition) is 10. The number of rotatable bonds is 7. The molecule has 0 saturated carbocycles. The van der Waals surface area contributed by atoms with Crippen molar-refractivity contribution < 1.29 is 22.7 Å². The van der Waals surface area contributed by atoms with Crippen LogP contribution in [-0.4, -0.2) is 74.4 Å². The average Bonchev–Trinajstić information content (AvgIpc) is 3.34. The Morgan fingerprint density at radius 2 is 2.26 bits per heavy atom. The van der Waals surface area contributed by atoms with E-state index in [1.165, 1.54) is 0 Å². The molecule has 152 valence electrons. The van der Waals surface area contributed by atoms with Gasteiger partial charge in [0.25, 0.3) is 6.23 Å². The van der Waals surface area contributed by atoms with E-state index in [0.29, 0.717) is 19.4 Å². The third-order valence-corrected chi connectivity index (χ3v) is 7.86. The van der Waals surface area contributed by atoms with Crippen molar-refractivity contribution in [1.29, 1.82) is 0 Å². The summed E-state index contributed by atoms with van der Waals surface area (Å²) in [4.78, 5) is 14.0. The van der Waals surface area contributed by atoms with Crippen LogP contribution in [0.1, 0.15) is 32.6 Å². The molecule has 27 heavy (non-hydrogen) atoms. The molecule has 0 bridgehead atoms. The van der Waals surface area contributed by atoms with Crippen LogP contribution in [0.3, 0.4) is 0 Å². The zero-order valence-electron chi connectivity index (χ0n) is 15.4. The number of carbonyl (C=O) groups excluding carboxylic acids is 1. The molecule has 3 unspecified atom stereocenters. The first-order valence-corrected chi connectivity index (χ1v) is 11.4. The molecule has 2 aliphatic heterocycles. The lowest BCUT2D eigenvalue weighted by atomic mass is 10.2. The lowest BCUT2D eigenvalue weighted by Gasteiger charge is -2.38. The molecule has 2 saturated heterocycles. The number of carbonyl (C=O) groups is 1. The van der Waals surface area contributed by atoms with Crippen molar-refractivity contribution in [3.63, 3.8) is 0 Å². The van der Waals surface area contributed by atoms with E-state index in [1.54, 1.807) is 11.9 Å². The molecule has 0 spiro atoms. The zero-order chi connectivity index (χ0) is 19.7. The number of ether oxygens (including phenoxy) is 2. The summed E-state index contributed by atoms with van der Waals surface area (Å²) in [6, 6.07) is 0. The lowest BCUT2D eigenvalue weighted by molar-refractivity contribution is -0.164. The minimum Gasteiger partial charge on any atom is -0.622 e. The molecule has 0 radical (unpaired) electrons. The Morgan fingerprint density at radius 3 is 2.93 bits per heavy atom. The monoisotopic (exact) mass is 420 g/mol. The molecule has 0 amide bonds. The van der Waals surface area contributed by atoms with Crippen LogP contribution >= 0.6 is 11.3 Å². The van der Waals surface area contributed by atoms with E-state index in [0.717, 1.165) is 24.2 Å². The average molecular weight is 421 g/mol. The van der Waals surface area contributed by atoms with Gasteiger partial charge in [0, 0.05) is 6.61 Å². The Morgan fingerprint density at radius 1 is 1.48 bits per heavy atom. The minimum absolute atomic E-state index is 0.00683. The van der Waals surface area contributed by atoms with Crippen molar-refractivity contribution in [2.45, 2.75) is 49.3 Å². The smallest absolute Gasteiger partial charge is 0.339 e. The molecule has 2 fully saturated rings. The van der Waals surface area contributed by atoms with Gasteiger partial charge < -0.3 is 14.7 Å². The van der Waals surface area contributed by atoms with E-state index in [-0.39, 0.29) is 28.4 Å². The van der Waals surface area contributed by atoms with Crippen LogP contribution in [0, 0.1) is 5.21 Å². The Balaban J connectivity index is 1.79. The molecule has 0 aromatic carbocycles. The number of hydroxylamine groups is 2. The molecule has 10 nitrogen and oxygen atoms in total. The second-order valence-corrected chi connectivity index (χ2v) is 10.1. The molecular weight excluding hydrogens is 396 g/mol. The van der Waals surface area contributed by atoms with Crippen molar-refractivity contribution in [2.24, 2.45) is 0 Å². The largest absolute Gasteiger partial charge is 0.622 e. The SMILES string of the molecule is CCCCS(=O)(=O)c1nnc([N+]2([O-])CN(C)CC2OC(=O)C2CCCO2)s1. The van der Waals surface area contributed by atoms with E-state index < -0.39 is 32.8 Å². The highest BCUT2D eigenvalue weighted by atomic mass is 32.2. The number of unbranched alkanes of at least 4 members (excludes halogenated alkanes) is 1. The summed E-state index contributed by atoms with van der Waals surface area (Å²) in [5, 5.41) is 21.0. The highest BCUT2D eigenvalue weighted by Crippen LogP contribution is 2.35. The summed E-state index contributed by atoms with van der Waals surface area (Å²) in [7, 11) is -1.84. The molecular formula is C15H24N4O6S2. The standard InChI is InChI=1S/C15H24N4O6S2/c1-3-4-8-27(22,23)15-17-16-14(26-15)19(21)10-18(2)9-12(19)25-13(20)11-6-5-7-24-11/h11-12H,3-10H2,1-2H3. The topological polar surface area (TPSA) is 122 Å². The first kappa shape index (κ1) is 20.6. The number of quaternary nitrogens is 1. The molecule has 3 heterocycles. The molecule has 3 atom stereocenters. The van der Waals surface area contributed by atoms with E-state index in [1.807, 2.05) is 6.92 Å². The lowest BCUT2D eigenvalue weighted by Crippen LogP contribution is -2.51. The van der Waals surface area contributed by atoms with Gasteiger partial charge in [-0.1, -0.05) is 18.4 Å². The van der Waals surface area contributed by atoms with Crippen LogP contribution < -0.4 is 4.65 Å².